The van der Waals surface area contributed by atoms with Crippen LogP contribution in [0.1, 0.15) is 36.4 Å². The minimum Gasteiger partial charge on any atom is -0.356 e. The highest BCUT2D eigenvalue weighted by Gasteiger charge is 2.21. The van der Waals surface area contributed by atoms with Gasteiger partial charge in [-0.2, -0.15) is 5.10 Å². The Hall–Kier alpha value is -2.01. The minimum atomic E-state index is -0.0668. The van der Waals surface area contributed by atoms with Crippen molar-refractivity contribution in [3.63, 3.8) is 0 Å². The van der Waals surface area contributed by atoms with Crippen molar-refractivity contribution in [3.05, 3.63) is 51.8 Å². The second-order valence-electron chi connectivity index (χ2n) is 6.95. The van der Waals surface area contributed by atoms with E-state index in [-0.39, 0.29) is 5.41 Å². The van der Waals surface area contributed by atoms with E-state index in [1.807, 2.05) is 36.9 Å². The lowest BCUT2D eigenvalue weighted by atomic mass is 9.84. The number of benzene rings is 1. The number of rotatable bonds is 5. The van der Waals surface area contributed by atoms with Crippen LogP contribution in [0.4, 0.5) is 0 Å². The van der Waals surface area contributed by atoms with E-state index < -0.39 is 0 Å². The first-order valence-corrected chi connectivity index (χ1v) is 8.82. The van der Waals surface area contributed by atoms with Gasteiger partial charge < -0.3 is 10.6 Å². The van der Waals surface area contributed by atoms with Crippen LogP contribution in [0, 0.1) is 13.8 Å². The van der Waals surface area contributed by atoms with Gasteiger partial charge in [-0.1, -0.05) is 37.6 Å². The molecule has 5 nitrogen and oxygen atoms in total. The maximum absolute atomic E-state index is 6.13. The Morgan fingerprint density at radius 3 is 2.56 bits per heavy atom. The van der Waals surface area contributed by atoms with Gasteiger partial charge in [-0.25, -0.2) is 0 Å². The van der Waals surface area contributed by atoms with Crippen LogP contribution in [-0.2, 0) is 19.0 Å². The number of aliphatic imine (C=N–C) groups is 1. The molecule has 0 amide bonds. The summed E-state index contributed by atoms with van der Waals surface area (Å²) in [7, 11) is 3.75. The van der Waals surface area contributed by atoms with E-state index in [9.17, 15) is 0 Å². The van der Waals surface area contributed by atoms with Crippen LogP contribution >= 0.6 is 11.6 Å². The van der Waals surface area contributed by atoms with Crippen molar-refractivity contribution in [2.75, 3.05) is 13.6 Å². The third kappa shape index (κ3) is 4.75. The van der Waals surface area contributed by atoms with E-state index in [1.165, 1.54) is 16.8 Å². The lowest BCUT2D eigenvalue weighted by Crippen LogP contribution is -2.43. The number of nitrogens with one attached hydrogen (secondary N) is 2. The highest BCUT2D eigenvalue weighted by Crippen LogP contribution is 2.24. The molecule has 2 aromatic rings. The molecule has 0 atom stereocenters. The van der Waals surface area contributed by atoms with Crippen molar-refractivity contribution < 1.29 is 0 Å². The fraction of sp³-hybridized carbons (Fsp3) is 0.474. The van der Waals surface area contributed by atoms with Gasteiger partial charge in [0.05, 0.1) is 5.69 Å². The van der Waals surface area contributed by atoms with Crippen LogP contribution in [0.2, 0.25) is 5.02 Å². The number of guanidine groups is 1. The van der Waals surface area contributed by atoms with E-state index in [0.29, 0.717) is 6.54 Å². The summed E-state index contributed by atoms with van der Waals surface area (Å²) in [5.41, 5.74) is 4.55. The van der Waals surface area contributed by atoms with E-state index in [2.05, 4.69) is 47.6 Å². The van der Waals surface area contributed by atoms with Gasteiger partial charge >= 0.3 is 0 Å². The number of halogens is 1. The first-order chi connectivity index (χ1) is 11.7. The van der Waals surface area contributed by atoms with Crippen molar-refractivity contribution in [1.29, 1.82) is 0 Å². The van der Waals surface area contributed by atoms with Crippen LogP contribution in [-0.4, -0.2) is 29.3 Å². The summed E-state index contributed by atoms with van der Waals surface area (Å²) < 4.78 is 1.91. The first kappa shape index (κ1) is 19.3. The van der Waals surface area contributed by atoms with Gasteiger partial charge in [0.2, 0.25) is 0 Å². The second kappa shape index (κ2) is 7.91. The normalized spacial score (nSPS) is 12.4. The summed E-state index contributed by atoms with van der Waals surface area (Å²) in [5.74, 6) is 0.776. The van der Waals surface area contributed by atoms with Gasteiger partial charge in [-0.3, -0.25) is 9.67 Å². The summed E-state index contributed by atoms with van der Waals surface area (Å²) in [5, 5.41) is 12.0. The van der Waals surface area contributed by atoms with Gasteiger partial charge in [-0.15, -0.1) is 0 Å². The molecule has 0 radical (unpaired) electrons. The number of hydrogen-bond acceptors (Lipinski definition) is 2. The average molecular weight is 362 g/mol. The summed E-state index contributed by atoms with van der Waals surface area (Å²) in [4.78, 5) is 4.32. The van der Waals surface area contributed by atoms with Crippen LogP contribution < -0.4 is 10.6 Å². The van der Waals surface area contributed by atoms with Crippen molar-refractivity contribution in [3.8, 4) is 0 Å². The number of aromatic nitrogens is 2. The molecule has 1 aromatic heterocycles. The summed E-state index contributed by atoms with van der Waals surface area (Å²) in [6.07, 6.45) is 0. The molecule has 6 heteroatoms. The van der Waals surface area contributed by atoms with Crippen LogP contribution in [0.5, 0.6) is 0 Å². The van der Waals surface area contributed by atoms with Gasteiger partial charge in [0.25, 0.3) is 0 Å². The Balaban J connectivity index is 1.98. The molecule has 0 bridgehead atoms. The topological polar surface area (TPSA) is 54.2 Å². The van der Waals surface area contributed by atoms with Gasteiger partial charge in [0, 0.05) is 48.9 Å². The molecule has 1 aromatic carbocycles. The maximum atomic E-state index is 6.13. The average Bonchev–Trinajstić information content (AvgIpc) is 2.80. The van der Waals surface area contributed by atoms with Gasteiger partial charge in [0.15, 0.2) is 5.96 Å². The number of aryl methyl sites for hydroxylation is 2. The molecule has 2 rings (SSSR count). The highest BCUT2D eigenvalue weighted by atomic mass is 35.5. The predicted molar refractivity (Wildman–Crippen MR) is 105 cm³/mol. The fourth-order valence-corrected chi connectivity index (χ4v) is 2.97. The zero-order valence-electron chi connectivity index (χ0n) is 15.9. The van der Waals surface area contributed by atoms with Crippen molar-refractivity contribution in [1.82, 2.24) is 20.4 Å². The number of nitrogens with zero attached hydrogens (tertiary/aromatic N) is 3. The fourth-order valence-electron chi connectivity index (χ4n) is 2.78. The molecule has 0 saturated heterocycles. The predicted octanol–water partition coefficient (Wildman–Crippen LogP) is 3.33. The lowest BCUT2D eigenvalue weighted by molar-refractivity contribution is 0.508. The molecule has 0 spiro atoms. The highest BCUT2D eigenvalue weighted by molar-refractivity contribution is 6.30. The van der Waals surface area contributed by atoms with E-state index in [0.717, 1.165) is 23.2 Å². The lowest BCUT2D eigenvalue weighted by Gasteiger charge is -2.27. The SMILES string of the molecule is CN=C(NCc1c(C)nn(C)c1C)NCC(C)(C)c1cccc(Cl)c1. The molecular formula is C19H28ClN5. The molecule has 0 aliphatic heterocycles. The third-order valence-electron chi connectivity index (χ3n) is 4.62. The quantitative estimate of drug-likeness (QED) is 0.634. The molecule has 25 heavy (non-hydrogen) atoms. The van der Waals surface area contributed by atoms with Crippen LogP contribution in [0.15, 0.2) is 29.3 Å². The molecule has 1 heterocycles. The van der Waals surface area contributed by atoms with Crippen molar-refractivity contribution in [2.24, 2.45) is 12.0 Å². The zero-order valence-corrected chi connectivity index (χ0v) is 16.7. The first-order valence-electron chi connectivity index (χ1n) is 8.44. The van der Waals surface area contributed by atoms with Gasteiger partial charge in [0.1, 0.15) is 0 Å². The molecule has 2 N–H and O–H groups in total. The Morgan fingerprint density at radius 1 is 1.28 bits per heavy atom. The molecule has 136 valence electrons. The van der Waals surface area contributed by atoms with E-state index >= 15 is 0 Å². The molecule has 0 unspecified atom stereocenters. The van der Waals surface area contributed by atoms with E-state index in [1.54, 1.807) is 7.05 Å². The van der Waals surface area contributed by atoms with Crippen LogP contribution in [0.25, 0.3) is 0 Å². The van der Waals surface area contributed by atoms with Gasteiger partial charge in [-0.05, 0) is 31.5 Å². The minimum absolute atomic E-state index is 0.0668. The standard InChI is InChI=1S/C19H28ClN5/c1-13-17(14(2)25(6)24-13)11-22-18(21-5)23-12-19(3,4)15-8-7-9-16(20)10-15/h7-10H,11-12H2,1-6H3,(H2,21,22,23). The maximum Gasteiger partial charge on any atom is 0.191 e. The monoisotopic (exact) mass is 361 g/mol. The van der Waals surface area contributed by atoms with E-state index in [4.69, 9.17) is 11.6 Å². The molecule has 0 saturated carbocycles. The summed E-state index contributed by atoms with van der Waals surface area (Å²) in [6, 6.07) is 8.00. The molecule has 0 aliphatic rings. The Labute approximate surface area is 155 Å². The second-order valence-corrected chi connectivity index (χ2v) is 7.38. The Morgan fingerprint density at radius 2 is 2.00 bits per heavy atom. The summed E-state index contributed by atoms with van der Waals surface area (Å²) in [6.45, 7) is 9.93. The van der Waals surface area contributed by atoms with Crippen molar-refractivity contribution >= 4 is 17.6 Å². The third-order valence-corrected chi connectivity index (χ3v) is 4.85. The zero-order chi connectivity index (χ0) is 18.6. The molecular weight excluding hydrogens is 334 g/mol. The Bertz CT molecular complexity index is 761. The van der Waals surface area contributed by atoms with Crippen LogP contribution in [0.3, 0.4) is 0 Å². The smallest absolute Gasteiger partial charge is 0.191 e. The Kier molecular flexibility index (Phi) is 6.11. The summed E-state index contributed by atoms with van der Waals surface area (Å²) >= 11 is 6.13. The molecule has 0 fully saturated rings. The number of hydrogen-bond donors (Lipinski definition) is 2. The van der Waals surface area contributed by atoms with Crippen molar-refractivity contribution in [2.45, 2.75) is 39.7 Å². The molecule has 0 aliphatic carbocycles. The largest absolute Gasteiger partial charge is 0.356 e.